The molecule has 0 atom stereocenters. The number of carbonyl (C=O) groups excluding carboxylic acids is 1. The van der Waals surface area contributed by atoms with E-state index in [0.29, 0.717) is 0 Å². The van der Waals surface area contributed by atoms with Gasteiger partial charge in [-0.15, -0.1) is 0 Å². The van der Waals surface area contributed by atoms with Crippen LogP contribution in [0.1, 0.15) is 24.0 Å². The zero-order chi connectivity index (χ0) is 10.2. The third-order valence-corrected chi connectivity index (χ3v) is 2.56. The predicted octanol–water partition coefficient (Wildman–Crippen LogP) is 2.46. The molecule has 0 aliphatic heterocycles. The molecule has 1 aliphatic carbocycles. The lowest BCUT2D eigenvalue weighted by atomic mass is 10.0. The van der Waals surface area contributed by atoms with E-state index >= 15 is 0 Å². The molecule has 72 valence electrons. The van der Waals surface area contributed by atoms with Crippen LogP contribution >= 0.6 is 0 Å². The van der Waals surface area contributed by atoms with Crippen molar-refractivity contribution in [1.29, 1.82) is 0 Å². The number of rotatable bonds is 2. The van der Waals surface area contributed by atoms with Crippen LogP contribution in [-0.4, -0.2) is 6.08 Å². The standard InChI is InChI=1S/C11H10FNO/c1-8-4-9(6-10(12)5-8)11(2-3-11)13-7-14/h4-6H,2-3H2,1H3. The van der Waals surface area contributed by atoms with Gasteiger partial charge in [0.05, 0.1) is 5.54 Å². The summed E-state index contributed by atoms with van der Waals surface area (Å²) in [4.78, 5) is 14.0. The van der Waals surface area contributed by atoms with Gasteiger partial charge in [0, 0.05) is 0 Å². The number of hydrogen-bond acceptors (Lipinski definition) is 2. The number of aryl methyl sites for hydroxylation is 1. The van der Waals surface area contributed by atoms with E-state index in [1.54, 1.807) is 6.08 Å². The minimum absolute atomic E-state index is 0.271. The predicted molar refractivity (Wildman–Crippen MR) is 50.2 cm³/mol. The molecular weight excluding hydrogens is 181 g/mol. The molecule has 1 aliphatic rings. The fraction of sp³-hybridized carbons (Fsp3) is 0.364. The quantitative estimate of drug-likeness (QED) is 0.521. The number of hydrogen-bond donors (Lipinski definition) is 0. The summed E-state index contributed by atoms with van der Waals surface area (Å²) >= 11 is 0. The highest BCUT2D eigenvalue weighted by Gasteiger charge is 2.45. The maximum absolute atomic E-state index is 13.1. The van der Waals surface area contributed by atoms with Crippen LogP contribution in [0, 0.1) is 12.7 Å². The molecule has 0 heterocycles. The van der Waals surface area contributed by atoms with Crippen LogP contribution in [-0.2, 0) is 10.3 Å². The lowest BCUT2D eigenvalue weighted by Gasteiger charge is -2.08. The molecule has 0 unspecified atom stereocenters. The zero-order valence-electron chi connectivity index (χ0n) is 7.88. The maximum Gasteiger partial charge on any atom is 0.235 e. The normalized spacial score (nSPS) is 17.3. The molecule has 0 amide bonds. The van der Waals surface area contributed by atoms with Gasteiger partial charge >= 0.3 is 0 Å². The van der Waals surface area contributed by atoms with Crippen molar-refractivity contribution in [3.8, 4) is 0 Å². The average molecular weight is 191 g/mol. The van der Waals surface area contributed by atoms with Crippen LogP contribution in [0.2, 0.25) is 0 Å². The van der Waals surface area contributed by atoms with E-state index in [1.165, 1.54) is 12.1 Å². The van der Waals surface area contributed by atoms with Crippen molar-refractivity contribution in [2.24, 2.45) is 4.99 Å². The summed E-state index contributed by atoms with van der Waals surface area (Å²) in [6.45, 7) is 1.83. The number of benzene rings is 1. The van der Waals surface area contributed by atoms with Crippen molar-refractivity contribution < 1.29 is 9.18 Å². The molecule has 0 saturated heterocycles. The highest BCUT2D eigenvalue weighted by Crippen LogP contribution is 2.49. The maximum atomic E-state index is 13.1. The van der Waals surface area contributed by atoms with E-state index < -0.39 is 5.54 Å². The molecule has 2 nitrogen and oxygen atoms in total. The Kier molecular flexibility index (Phi) is 1.97. The Labute approximate surface area is 81.5 Å². The molecule has 1 saturated carbocycles. The van der Waals surface area contributed by atoms with Gasteiger partial charge in [0.15, 0.2) is 0 Å². The molecule has 1 aromatic carbocycles. The van der Waals surface area contributed by atoms with Gasteiger partial charge in [-0.1, -0.05) is 6.07 Å². The molecule has 2 rings (SSSR count). The van der Waals surface area contributed by atoms with Crippen LogP contribution < -0.4 is 0 Å². The molecule has 0 N–H and O–H groups in total. The first-order valence-corrected chi connectivity index (χ1v) is 4.53. The number of isocyanates is 1. The van der Waals surface area contributed by atoms with Gasteiger partial charge in [-0.3, -0.25) is 0 Å². The molecule has 0 aromatic heterocycles. The first-order chi connectivity index (χ1) is 6.66. The van der Waals surface area contributed by atoms with Gasteiger partial charge in [-0.25, -0.2) is 9.18 Å². The first kappa shape index (κ1) is 9.10. The molecular formula is C11H10FNO. The van der Waals surface area contributed by atoms with Crippen molar-refractivity contribution in [2.45, 2.75) is 25.3 Å². The van der Waals surface area contributed by atoms with Gasteiger partial charge in [0.25, 0.3) is 0 Å². The highest BCUT2D eigenvalue weighted by atomic mass is 19.1. The average Bonchev–Trinajstić information content (AvgIpc) is 2.84. The van der Waals surface area contributed by atoms with E-state index in [4.69, 9.17) is 0 Å². The molecule has 14 heavy (non-hydrogen) atoms. The van der Waals surface area contributed by atoms with Crippen molar-refractivity contribution in [2.75, 3.05) is 0 Å². The largest absolute Gasteiger partial charge is 0.235 e. The number of aliphatic imine (C=N–C) groups is 1. The third-order valence-electron chi connectivity index (χ3n) is 2.56. The summed E-state index contributed by atoms with van der Waals surface area (Å²) in [7, 11) is 0. The Morgan fingerprint density at radius 1 is 1.43 bits per heavy atom. The Hall–Kier alpha value is -1.47. The fourth-order valence-electron chi connectivity index (χ4n) is 1.68. The monoisotopic (exact) mass is 191 g/mol. The van der Waals surface area contributed by atoms with Crippen molar-refractivity contribution in [1.82, 2.24) is 0 Å². The van der Waals surface area contributed by atoms with Crippen molar-refractivity contribution >= 4 is 6.08 Å². The summed E-state index contributed by atoms with van der Waals surface area (Å²) < 4.78 is 13.1. The van der Waals surface area contributed by atoms with Gasteiger partial charge in [0.2, 0.25) is 6.08 Å². The van der Waals surface area contributed by atoms with E-state index in [-0.39, 0.29) is 5.82 Å². The zero-order valence-corrected chi connectivity index (χ0v) is 7.88. The van der Waals surface area contributed by atoms with E-state index in [2.05, 4.69) is 4.99 Å². The first-order valence-electron chi connectivity index (χ1n) is 4.53. The van der Waals surface area contributed by atoms with Gasteiger partial charge in [-0.2, -0.15) is 4.99 Å². The second-order valence-corrected chi connectivity index (χ2v) is 3.75. The molecule has 3 heteroatoms. The van der Waals surface area contributed by atoms with E-state index in [9.17, 15) is 9.18 Å². The Morgan fingerprint density at radius 3 is 2.64 bits per heavy atom. The summed E-state index contributed by atoms with van der Waals surface area (Å²) in [6, 6.07) is 4.78. The summed E-state index contributed by atoms with van der Waals surface area (Å²) in [6.07, 6.45) is 3.18. The Balaban J connectivity index is 2.46. The minimum atomic E-state index is -0.464. The summed E-state index contributed by atoms with van der Waals surface area (Å²) in [5.74, 6) is -0.271. The van der Waals surface area contributed by atoms with Gasteiger partial charge in [0.1, 0.15) is 5.82 Å². The lowest BCUT2D eigenvalue weighted by Crippen LogP contribution is -2.03. The summed E-state index contributed by atoms with van der Waals surface area (Å²) in [5, 5.41) is 0. The highest BCUT2D eigenvalue weighted by molar-refractivity contribution is 5.42. The van der Waals surface area contributed by atoms with Gasteiger partial charge in [-0.05, 0) is 43.0 Å². The number of nitrogens with zero attached hydrogens (tertiary/aromatic N) is 1. The van der Waals surface area contributed by atoms with E-state index in [0.717, 1.165) is 24.0 Å². The van der Waals surface area contributed by atoms with Crippen LogP contribution in [0.5, 0.6) is 0 Å². The third kappa shape index (κ3) is 1.47. The second-order valence-electron chi connectivity index (χ2n) is 3.75. The minimum Gasteiger partial charge on any atom is -0.211 e. The van der Waals surface area contributed by atoms with Crippen molar-refractivity contribution in [3.63, 3.8) is 0 Å². The molecule has 1 aromatic rings. The molecule has 0 radical (unpaired) electrons. The van der Waals surface area contributed by atoms with Crippen LogP contribution in [0.3, 0.4) is 0 Å². The Bertz CT molecular complexity index is 397. The topological polar surface area (TPSA) is 29.4 Å². The molecule has 0 spiro atoms. The number of halogens is 1. The van der Waals surface area contributed by atoms with E-state index in [1.807, 2.05) is 13.0 Å². The van der Waals surface area contributed by atoms with Crippen LogP contribution in [0.15, 0.2) is 23.2 Å². The lowest BCUT2D eigenvalue weighted by molar-refractivity contribution is 0.555. The Morgan fingerprint density at radius 2 is 2.14 bits per heavy atom. The fourth-order valence-corrected chi connectivity index (χ4v) is 1.68. The van der Waals surface area contributed by atoms with Crippen molar-refractivity contribution in [3.05, 3.63) is 35.1 Å². The molecule has 0 bridgehead atoms. The summed E-state index contributed by atoms with van der Waals surface area (Å²) in [5.41, 5.74) is 1.18. The smallest absolute Gasteiger partial charge is 0.211 e. The van der Waals surface area contributed by atoms with Crippen LogP contribution in [0.4, 0.5) is 4.39 Å². The SMILES string of the molecule is Cc1cc(F)cc(C2(N=C=O)CC2)c1. The van der Waals surface area contributed by atoms with Crippen LogP contribution in [0.25, 0.3) is 0 Å². The van der Waals surface area contributed by atoms with Gasteiger partial charge < -0.3 is 0 Å². The molecule has 1 fully saturated rings. The second kappa shape index (κ2) is 3.03.